The Bertz CT molecular complexity index is 815. The molecule has 2 aliphatic rings. The van der Waals surface area contributed by atoms with Crippen molar-refractivity contribution in [3.8, 4) is 0 Å². The summed E-state index contributed by atoms with van der Waals surface area (Å²) in [7, 11) is 0. The van der Waals surface area contributed by atoms with E-state index in [-0.39, 0.29) is 17.9 Å². The van der Waals surface area contributed by atoms with Crippen molar-refractivity contribution in [3.05, 3.63) is 36.0 Å². The number of amides is 1. The summed E-state index contributed by atoms with van der Waals surface area (Å²) >= 11 is 0. The number of aromatic nitrogens is 1. The van der Waals surface area contributed by atoms with Crippen molar-refractivity contribution in [3.63, 3.8) is 0 Å². The van der Waals surface area contributed by atoms with Gasteiger partial charge in [0.2, 0.25) is 5.91 Å². The minimum Gasteiger partial charge on any atom is -0.395 e. The van der Waals surface area contributed by atoms with E-state index in [0.717, 1.165) is 39.1 Å². The molecule has 2 saturated heterocycles. The van der Waals surface area contributed by atoms with Crippen molar-refractivity contribution in [1.29, 1.82) is 0 Å². The lowest BCUT2D eigenvalue weighted by molar-refractivity contribution is -0.140. The zero-order chi connectivity index (χ0) is 18.9. The van der Waals surface area contributed by atoms with Crippen LogP contribution in [-0.2, 0) is 17.9 Å². The summed E-state index contributed by atoms with van der Waals surface area (Å²) in [5.41, 5.74) is 2.92. The molecular weight excluding hydrogens is 338 g/mol. The Morgan fingerprint density at radius 2 is 2.07 bits per heavy atom. The number of benzene rings is 1. The first-order chi connectivity index (χ1) is 13.1. The molecule has 5 nitrogen and oxygen atoms in total. The van der Waals surface area contributed by atoms with Gasteiger partial charge in [-0.05, 0) is 50.4 Å². The lowest BCUT2D eigenvalue weighted by atomic mass is 9.73. The van der Waals surface area contributed by atoms with Crippen molar-refractivity contribution < 1.29 is 9.90 Å². The highest BCUT2D eigenvalue weighted by atomic mass is 16.3. The number of carbonyl (C=O) groups excluding carboxylic acids is 1. The van der Waals surface area contributed by atoms with Gasteiger partial charge in [0.15, 0.2) is 0 Å². The zero-order valence-corrected chi connectivity index (χ0v) is 16.4. The van der Waals surface area contributed by atoms with Gasteiger partial charge in [-0.25, -0.2) is 0 Å². The number of hydrogen-bond donors (Lipinski definition) is 1. The summed E-state index contributed by atoms with van der Waals surface area (Å²) in [6.45, 7) is 7.66. The van der Waals surface area contributed by atoms with Gasteiger partial charge in [-0.3, -0.25) is 9.69 Å². The number of likely N-dealkylation sites (tertiary alicyclic amines) is 2. The number of β-amino-alcohol motifs (C(OH)–C–C–N with tert-alkyl or cyclic N) is 1. The Kier molecular flexibility index (Phi) is 5.24. The highest BCUT2D eigenvalue weighted by Gasteiger charge is 2.41. The molecule has 4 rings (SSSR count). The lowest BCUT2D eigenvalue weighted by Crippen LogP contribution is -2.54. The van der Waals surface area contributed by atoms with E-state index in [1.54, 1.807) is 0 Å². The van der Waals surface area contributed by atoms with E-state index in [4.69, 9.17) is 0 Å². The van der Waals surface area contributed by atoms with Crippen LogP contribution < -0.4 is 0 Å². The predicted octanol–water partition coefficient (Wildman–Crippen LogP) is 2.86. The smallest absolute Gasteiger partial charge is 0.222 e. The average Bonchev–Trinajstić information content (AvgIpc) is 3.10. The number of carbonyl (C=O) groups is 1. The van der Waals surface area contributed by atoms with E-state index in [0.29, 0.717) is 13.0 Å². The molecule has 2 fully saturated rings. The van der Waals surface area contributed by atoms with Crippen LogP contribution in [0.2, 0.25) is 0 Å². The molecule has 2 aliphatic heterocycles. The second-order valence-corrected chi connectivity index (χ2v) is 8.30. The van der Waals surface area contributed by atoms with Crippen molar-refractivity contribution >= 4 is 16.8 Å². The van der Waals surface area contributed by atoms with Crippen LogP contribution in [0.1, 0.15) is 38.2 Å². The molecule has 5 heteroatoms. The van der Waals surface area contributed by atoms with Gasteiger partial charge in [-0.1, -0.05) is 12.1 Å². The number of fused-ring (bicyclic) bond motifs is 1. The molecule has 0 radical (unpaired) electrons. The maximum Gasteiger partial charge on any atom is 0.222 e. The number of rotatable bonds is 5. The Hall–Kier alpha value is -1.85. The quantitative estimate of drug-likeness (QED) is 0.882. The highest BCUT2D eigenvalue weighted by molar-refractivity contribution is 5.83. The van der Waals surface area contributed by atoms with E-state index in [2.05, 4.69) is 46.9 Å². The number of piperidine rings is 2. The van der Waals surface area contributed by atoms with Gasteiger partial charge in [-0.2, -0.15) is 0 Å². The Balaban J connectivity index is 1.51. The number of aliphatic hydroxyl groups is 1. The fraction of sp³-hybridized carbons (Fsp3) is 0.591. The van der Waals surface area contributed by atoms with Crippen LogP contribution in [0.4, 0.5) is 0 Å². The molecule has 146 valence electrons. The van der Waals surface area contributed by atoms with Gasteiger partial charge in [0, 0.05) is 61.7 Å². The van der Waals surface area contributed by atoms with Gasteiger partial charge in [0.25, 0.3) is 0 Å². The fourth-order valence-corrected chi connectivity index (χ4v) is 5.15. The molecule has 1 aromatic heterocycles. The lowest BCUT2D eigenvalue weighted by Gasteiger charge is -2.48. The first-order valence-corrected chi connectivity index (χ1v) is 10.3. The SMILES string of the molecule is CCn1ccc2c(CN3CCC[C@@]4(CCC(=O)N(CCO)C4)C3)cccc21. The molecule has 0 aliphatic carbocycles. The number of aryl methyl sites for hydroxylation is 1. The standard InChI is InChI=1S/C22H31N3O2/c1-2-24-12-8-19-18(5-3-6-20(19)24)15-23-11-4-9-22(16-23)10-7-21(27)25(17-22)13-14-26/h3,5-6,8,12,26H,2,4,7,9-11,13-17H2,1H3/t22-/m1/s1. The van der Waals surface area contributed by atoms with Crippen molar-refractivity contribution in [2.24, 2.45) is 5.41 Å². The molecular formula is C22H31N3O2. The van der Waals surface area contributed by atoms with Crippen LogP contribution in [0.15, 0.2) is 30.5 Å². The second kappa shape index (κ2) is 7.64. The number of nitrogens with zero attached hydrogens (tertiary/aromatic N) is 3. The fourth-order valence-electron chi connectivity index (χ4n) is 5.15. The molecule has 2 aromatic rings. The van der Waals surface area contributed by atoms with Gasteiger partial charge < -0.3 is 14.6 Å². The number of aliphatic hydroxyl groups excluding tert-OH is 1. The van der Waals surface area contributed by atoms with Crippen molar-refractivity contribution in [2.75, 3.05) is 32.8 Å². The molecule has 1 aromatic carbocycles. The molecule has 27 heavy (non-hydrogen) atoms. The Morgan fingerprint density at radius 1 is 1.19 bits per heavy atom. The zero-order valence-electron chi connectivity index (χ0n) is 16.4. The maximum atomic E-state index is 12.2. The van der Waals surface area contributed by atoms with E-state index >= 15 is 0 Å². The summed E-state index contributed by atoms with van der Waals surface area (Å²) in [6.07, 6.45) is 6.18. The van der Waals surface area contributed by atoms with E-state index < -0.39 is 0 Å². The van der Waals surface area contributed by atoms with Crippen LogP contribution in [0.5, 0.6) is 0 Å². The third-order valence-electron chi connectivity index (χ3n) is 6.50. The molecule has 1 amide bonds. The molecule has 1 atom stereocenters. The van der Waals surface area contributed by atoms with Gasteiger partial charge >= 0.3 is 0 Å². The van der Waals surface area contributed by atoms with Crippen LogP contribution >= 0.6 is 0 Å². The van der Waals surface area contributed by atoms with Crippen LogP contribution in [0.3, 0.4) is 0 Å². The summed E-state index contributed by atoms with van der Waals surface area (Å²) < 4.78 is 2.30. The van der Waals surface area contributed by atoms with Gasteiger partial charge in [0.1, 0.15) is 0 Å². The Morgan fingerprint density at radius 3 is 2.89 bits per heavy atom. The highest BCUT2D eigenvalue weighted by Crippen LogP contribution is 2.39. The minimum absolute atomic E-state index is 0.0575. The largest absolute Gasteiger partial charge is 0.395 e. The minimum atomic E-state index is 0.0575. The van der Waals surface area contributed by atoms with Gasteiger partial charge in [-0.15, -0.1) is 0 Å². The normalized spacial score (nSPS) is 24.2. The first kappa shape index (κ1) is 18.5. The van der Waals surface area contributed by atoms with Crippen LogP contribution in [0.25, 0.3) is 10.9 Å². The third kappa shape index (κ3) is 3.63. The summed E-state index contributed by atoms with van der Waals surface area (Å²) in [6, 6.07) is 8.88. The van der Waals surface area contributed by atoms with Crippen molar-refractivity contribution in [2.45, 2.75) is 45.7 Å². The summed E-state index contributed by atoms with van der Waals surface area (Å²) in [5, 5.41) is 10.6. The van der Waals surface area contributed by atoms with E-state index in [1.807, 2.05) is 4.90 Å². The molecule has 0 saturated carbocycles. The molecule has 3 heterocycles. The summed E-state index contributed by atoms with van der Waals surface area (Å²) in [5.74, 6) is 0.206. The topological polar surface area (TPSA) is 48.7 Å². The van der Waals surface area contributed by atoms with Crippen molar-refractivity contribution in [1.82, 2.24) is 14.4 Å². The monoisotopic (exact) mass is 369 g/mol. The van der Waals surface area contributed by atoms with Crippen LogP contribution in [0, 0.1) is 5.41 Å². The molecule has 0 bridgehead atoms. The van der Waals surface area contributed by atoms with E-state index in [9.17, 15) is 9.90 Å². The van der Waals surface area contributed by atoms with Gasteiger partial charge in [0.05, 0.1) is 6.61 Å². The average molecular weight is 370 g/mol. The van der Waals surface area contributed by atoms with E-state index in [1.165, 1.54) is 29.3 Å². The Labute approximate surface area is 161 Å². The molecule has 1 spiro atoms. The predicted molar refractivity (Wildman–Crippen MR) is 107 cm³/mol. The molecule has 0 unspecified atom stereocenters. The third-order valence-corrected chi connectivity index (χ3v) is 6.50. The number of hydrogen-bond acceptors (Lipinski definition) is 3. The van der Waals surface area contributed by atoms with Crippen LogP contribution in [-0.4, -0.2) is 58.2 Å². The maximum absolute atomic E-state index is 12.2. The first-order valence-electron chi connectivity index (χ1n) is 10.3. The molecule has 1 N–H and O–H groups in total. The summed E-state index contributed by atoms with van der Waals surface area (Å²) in [4.78, 5) is 16.6. The second-order valence-electron chi connectivity index (χ2n) is 8.30.